The second-order valence-electron chi connectivity index (χ2n) is 4.60. The summed E-state index contributed by atoms with van der Waals surface area (Å²) in [5.41, 5.74) is 5.44. The molecule has 4 rings (SSSR count). The standard InChI is InChI=1S/C10H15N3O/c11-10-13-12-9(14-10)8-5-6-1-3-7(8)4-2-6/h6-8H,1-5H2,(H2,11,13). The van der Waals surface area contributed by atoms with Gasteiger partial charge in [0, 0.05) is 5.92 Å². The molecule has 3 aliphatic carbocycles. The summed E-state index contributed by atoms with van der Waals surface area (Å²) in [5, 5.41) is 7.75. The summed E-state index contributed by atoms with van der Waals surface area (Å²) in [7, 11) is 0. The molecule has 14 heavy (non-hydrogen) atoms. The van der Waals surface area contributed by atoms with E-state index in [0.29, 0.717) is 5.92 Å². The molecule has 3 fully saturated rings. The molecule has 1 aromatic heterocycles. The maximum absolute atomic E-state index is 5.44. The van der Waals surface area contributed by atoms with Crippen molar-refractivity contribution < 1.29 is 4.42 Å². The van der Waals surface area contributed by atoms with Crippen molar-refractivity contribution in [3.05, 3.63) is 5.89 Å². The summed E-state index contributed by atoms with van der Waals surface area (Å²) in [4.78, 5) is 0. The Bertz CT molecular complexity index is 328. The van der Waals surface area contributed by atoms with Crippen LogP contribution in [0.5, 0.6) is 0 Å². The third kappa shape index (κ3) is 1.21. The molecule has 2 bridgehead atoms. The third-order valence-corrected chi connectivity index (χ3v) is 3.82. The summed E-state index contributed by atoms with van der Waals surface area (Å²) in [6, 6.07) is 0.210. The average molecular weight is 193 g/mol. The molecule has 1 heterocycles. The van der Waals surface area contributed by atoms with Crippen LogP contribution in [-0.4, -0.2) is 10.2 Å². The van der Waals surface area contributed by atoms with E-state index < -0.39 is 0 Å². The first kappa shape index (κ1) is 8.26. The van der Waals surface area contributed by atoms with Gasteiger partial charge in [-0.15, -0.1) is 5.10 Å². The Kier molecular flexibility index (Phi) is 1.75. The molecule has 0 amide bonds. The fourth-order valence-electron chi connectivity index (χ4n) is 3.08. The number of hydrogen-bond donors (Lipinski definition) is 1. The molecule has 4 nitrogen and oxygen atoms in total. The van der Waals surface area contributed by atoms with Gasteiger partial charge < -0.3 is 10.2 Å². The van der Waals surface area contributed by atoms with Crippen molar-refractivity contribution in [3.8, 4) is 0 Å². The Morgan fingerprint density at radius 3 is 2.43 bits per heavy atom. The van der Waals surface area contributed by atoms with Gasteiger partial charge in [0.05, 0.1) is 0 Å². The van der Waals surface area contributed by atoms with Gasteiger partial charge in [0.1, 0.15) is 0 Å². The summed E-state index contributed by atoms with van der Waals surface area (Å²) in [6.45, 7) is 0. The highest BCUT2D eigenvalue weighted by Gasteiger charge is 2.38. The molecule has 2 N–H and O–H groups in total. The van der Waals surface area contributed by atoms with Crippen molar-refractivity contribution in [1.29, 1.82) is 0 Å². The predicted molar refractivity (Wildman–Crippen MR) is 51.5 cm³/mol. The molecule has 0 aliphatic heterocycles. The molecule has 0 spiro atoms. The topological polar surface area (TPSA) is 64.9 Å². The highest BCUT2D eigenvalue weighted by Crippen LogP contribution is 2.49. The van der Waals surface area contributed by atoms with Crippen LogP contribution in [0.4, 0.5) is 6.01 Å². The van der Waals surface area contributed by atoms with E-state index in [1.54, 1.807) is 0 Å². The van der Waals surface area contributed by atoms with Gasteiger partial charge in [0.25, 0.3) is 0 Å². The van der Waals surface area contributed by atoms with Crippen LogP contribution in [-0.2, 0) is 0 Å². The minimum Gasteiger partial charge on any atom is -0.408 e. The zero-order valence-corrected chi connectivity index (χ0v) is 8.15. The van der Waals surface area contributed by atoms with Crippen LogP contribution in [0.2, 0.25) is 0 Å². The van der Waals surface area contributed by atoms with E-state index in [1.807, 2.05) is 0 Å². The fraction of sp³-hybridized carbons (Fsp3) is 0.800. The van der Waals surface area contributed by atoms with E-state index in [9.17, 15) is 0 Å². The Balaban J connectivity index is 1.85. The number of rotatable bonds is 1. The molecule has 1 aromatic rings. The number of aromatic nitrogens is 2. The van der Waals surface area contributed by atoms with E-state index >= 15 is 0 Å². The first-order valence-electron chi connectivity index (χ1n) is 5.42. The van der Waals surface area contributed by atoms with Crippen LogP contribution in [0.15, 0.2) is 4.42 Å². The Morgan fingerprint density at radius 2 is 1.93 bits per heavy atom. The quantitative estimate of drug-likeness (QED) is 0.740. The van der Waals surface area contributed by atoms with Crippen LogP contribution < -0.4 is 5.73 Å². The predicted octanol–water partition coefficient (Wildman–Crippen LogP) is 1.95. The molecule has 1 atom stereocenters. The Morgan fingerprint density at radius 1 is 1.14 bits per heavy atom. The van der Waals surface area contributed by atoms with E-state index in [4.69, 9.17) is 10.2 Å². The summed E-state index contributed by atoms with van der Waals surface area (Å²) in [6.07, 6.45) is 6.68. The molecule has 3 aliphatic rings. The lowest BCUT2D eigenvalue weighted by Gasteiger charge is -2.40. The van der Waals surface area contributed by atoms with Gasteiger partial charge in [-0.3, -0.25) is 0 Å². The van der Waals surface area contributed by atoms with E-state index in [0.717, 1.165) is 17.7 Å². The SMILES string of the molecule is Nc1nnc(C2CC3CCC2CC3)o1. The second-order valence-corrected chi connectivity index (χ2v) is 4.60. The number of nitrogens with zero attached hydrogens (tertiary/aromatic N) is 2. The van der Waals surface area contributed by atoms with Crippen molar-refractivity contribution in [2.45, 2.75) is 38.0 Å². The number of hydrogen-bond acceptors (Lipinski definition) is 4. The zero-order valence-electron chi connectivity index (χ0n) is 8.15. The van der Waals surface area contributed by atoms with Gasteiger partial charge in [-0.1, -0.05) is 17.9 Å². The van der Waals surface area contributed by atoms with Crippen molar-refractivity contribution in [1.82, 2.24) is 10.2 Å². The maximum Gasteiger partial charge on any atom is 0.312 e. The lowest BCUT2D eigenvalue weighted by Crippen LogP contribution is -2.29. The summed E-state index contributed by atoms with van der Waals surface area (Å²) >= 11 is 0. The lowest BCUT2D eigenvalue weighted by molar-refractivity contribution is 0.128. The smallest absolute Gasteiger partial charge is 0.312 e. The van der Waals surface area contributed by atoms with Crippen molar-refractivity contribution >= 4 is 6.01 Å². The number of nitrogens with two attached hydrogens (primary N) is 1. The van der Waals surface area contributed by atoms with Crippen molar-refractivity contribution in [3.63, 3.8) is 0 Å². The molecule has 0 aromatic carbocycles. The molecule has 4 heteroatoms. The first-order valence-corrected chi connectivity index (χ1v) is 5.42. The van der Waals surface area contributed by atoms with Gasteiger partial charge >= 0.3 is 6.01 Å². The van der Waals surface area contributed by atoms with E-state index in [-0.39, 0.29) is 6.01 Å². The maximum atomic E-state index is 5.44. The second kappa shape index (κ2) is 2.97. The van der Waals surface area contributed by atoms with Crippen LogP contribution in [0, 0.1) is 11.8 Å². The minimum atomic E-state index is 0.210. The third-order valence-electron chi connectivity index (χ3n) is 3.82. The monoisotopic (exact) mass is 193 g/mol. The Hall–Kier alpha value is -1.06. The molecule has 3 saturated carbocycles. The Labute approximate surface area is 82.9 Å². The van der Waals surface area contributed by atoms with Crippen LogP contribution in [0.25, 0.3) is 0 Å². The van der Waals surface area contributed by atoms with Crippen LogP contribution in [0.3, 0.4) is 0 Å². The lowest BCUT2D eigenvalue weighted by atomic mass is 9.65. The highest BCUT2D eigenvalue weighted by atomic mass is 16.4. The van der Waals surface area contributed by atoms with Crippen molar-refractivity contribution in [2.24, 2.45) is 11.8 Å². The van der Waals surface area contributed by atoms with Gasteiger partial charge in [0.15, 0.2) is 0 Å². The first-order chi connectivity index (χ1) is 6.83. The molecule has 1 unspecified atom stereocenters. The highest BCUT2D eigenvalue weighted by molar-refractivity contribution is 5.09. The largest absolute Gasteiger partial charge is 0.408 e. The zero-order chi connectivity index (χ0) is 9.54. The van der Waals surface area contributed by atoms with E-state index in [1.165, 1.54) is 32.1 Å². The molecule has 0 radical (unpaired) electrons. The average Bonchev–Trinajstić information content (AvgIpc) is 2.66. The molecule has 0 saturated heterocycles. The number of nitrogen functional groups attached to an aromatic ring is 1. The fourth-order valence-corrected chi connectivity index (χ4v) is 3.08. The summed E-state index contributed by atoms with van der Waals surface area (Å²) < 4.78 is 5.33. The van der Waals surface area contributed by atoms with Gasteiger partial charge in [-0.2, -0.15) is 0 Å². The molecule has 76 valence electrons. The van der Waals surface area contributed by atoms with Gasteiger partial charge in [0.2, 0.25) is 5.89 Å². The number of anilines is 1. The van der Waals surface area contributed by atoms with Crippen LogP contribution in [0.1, 0.15) is 43.9 Å². The normalized spacial score (nSPS) is 36.1. The minimum absolute atomic E-state index is 0.210. The summed E-state index contributed by atoms with van der Waals surface area (Å²) in [5.74, 6) is 2.92. The van der Waals surface area contributed by atoms with Gasteiger partial charge in [-0.05, 0) is 31.1 Å². The van der Waals surface area contributed by atoms with E-state index in [2.05, 4.69) is 10.2 Å². The van der Waals surface area contributed by atoms with Crippen LogP contribution >= 0.6 is 0 Å². The molecular weight excluding hydrogens is 178 g/mol. The van der Waals surface area contributed by atoms with Crippen molar-refractivity contribution in [2.75, 3.05) is 5.73 Å². The molecular formula is C10H15N3O. The van der Waals surface area contributed by atoms with Gasteiger partial charge in [-0.25, -0.2) is 0 Å². The number of fused-ring (bicyclic) bond motifs is 3.